The Hall–Kier alpha value is -1.68. The van der Waals surface area contributed by atoms with Crippen LogP contribution in [-0.4, -0.2) is 28.0 Å². The minimum atomic E-state index is 0.693. The summed E-state index contributed by atoms with van der Waals surface area (Å²) in [5, 5.41) is 4.52. The van der Waals surface area contributed by atoms with Crippen LogP contribution < -0.4 is 0 Å². The van der Waals surface area contributed by atoms with E-state index in [4.69, 9.17) is 4.74 Å². The van der Waals surface area contributed by atoms with Gasteiger partial charge in [0.2, 0.25) is 0 Å². The first-order chi connectivity index (χ1) is 9.29. The maximum atomic E-state index is 5.33. The molecule has 19 heavy (non-hydrogen) atoms. The van der Waals surface area contributed by atoms with Crippen molar-refractivity contribution in [3.63, 3.8) is 0 Å². The normalized spacial score (nSPS) is 10.8. The van der Waals surface area contributed by atoms with Gasteiger partial charge in [0.05, 0.1) is 6.61 Å². The topological polar surface area (TPSA) is 39.9 Å². The van der Waals surface area contributed by atoms with Crippen LogP contribution in [0.2, 0.25) is 0 Å². The molecule has 0 aliphatic carbocycles. The van der Waals surface area contributed by atoms with E-state index < -0.39 is 0 Å². The van der Waals surface area contributed by atoms with Gasteiger partial charge in [0.1, 0.15) is 5.82 Å². The van der Waals surface area contributed by atoms with Gasteiger partial charge in [-0.2, -0.15) is 5.10 Å². The number of nitrogens with zero attached hydrogens (tertiary/aromatic N) is 3. The summed E-state index contributed by atoms with van der Waals surface area (Å²) >= 11 is 0. The molecule has 0 N–H and O–H groups in total. The van der Waals surface area contributed by atoms with Crippen molar-refractivity contribution in [1.82, 2.24) is 14.8 Å². The first-order valence-electron chi connectivity index (χ1n) is 6.81. The van der Waals surface area contributed by atoms with Crippen molar-refractivity contribution in [3.8, 4) is 0 Å². The molecule has 0 saturated carbocycles. The zero-order chi connectivity index (χ0) is 13.5. The highest BCUT2D eigenvalue weighted by Gasteiger charge is 2.06. The molecule has 0 amide bonds. The summed E-state index contributed by atoms with van der Waals surface area (Å²) in [5.74, 6) is 1.85. The third-order valence-electron chi connectivity index (χ3n) is 3.03. The quantitative estimate of drug-likeness (QED) is 0.717. The largest absolute Gasteiger partial charge is 0.381 e. The van der Waals surface area contributed by atoms with Gasteiger partial charge in [-0.25, -0.2) is 9.67 Å². The lowest BCUT2D eigenvalue weighted by molar-refractivity contribution is 0.149. The lowest BCUT2D eigenvalue weighted by Gasteiger charge is -2.03. The fraction of sp³-hybridized carbons (Fsp3) is 0.467. The molecule has 0 fully saturated rings. The second-order valence-electron chi connectivity index (χ2n) is 4.48. The van der Waals surface area contributed by atoms with Gasteiger partial charge in [-0.15, -0.1) is 0 Å². The predicted octanol–water partition coefficient (Wildman–Crippen LogP) is 2.41. The van der Waals surface area contributed by atoms with Crippen LogP contribution in [0.15, 0.2) is 30.3 Å². The van der Waals surface area contributed by atoms with Gasteiger partial charge in [-0.1, -0.05) is 30.3 Å². The van der Waals surface area contributed by atoms with Crippen LogP contribution in [0, 0.1) is 6.92 Å². The van der Waals surface area contributed by atoms with E-state index in [-0.39, 0.29) is 0 Å². The summed E-state index contributed by atoms with van der Waals surface area (Å²) < 4.78 is 7.31. The number of rotatable bonds is 7. The molecule has 0 aliphatic heterocycles. The van der Waals surface area contributed by atoms with Crippen LogP contribution in [0.25, 0.3) is 0 Å². The van der Waals surface area contributed by atoms with Gasteiger partial charge in [0.15, 0.2) is 5.82 Å². The van der Waals surface area contributed by atoms with Crippen molar-refractivity contribution >= 4 is 0 Å². The number of hydrogen-bond acceptors (Lipinski definition) is 3. The van der Waals surface area contributed by atoms with Crippen LogP contribution in [-0.2, 0) is 24.1 Å². The Morgan fingerprint density at radius 2 is 1.95 bits per heavy atom. The second-order valence-corrected chi connectivity index (χ2v) is 4.48. The lowest BCUT2D eigenvalue weighted by atomic mass is 10.1. The molecule has 1 aromatic carbocycles. The van der Waals surface area contributed by atoms with Gasteiger partial charge in [0, 0.05) is 19.6 Å². The Bertz CT molecular complexity index is 493. The van der Waals surface area contributed by atoms with Crippen molar-refractivity contribution in [2.24, 2.45) is 0 Å². The highest BCUT2D eigenvalue weighted by molar-refractivity contribution is 5.14. The van der Waals surface area contributed by atoms with Gasteiger partial charge in [-0.05, 0) is 25.8 Å². The molecule has 0 bridgehead atoms. The van der Waals surface area contributed by atoms with Gasteiger partial charge < -0.3 is 4.74 Å². The average Bonchev–Trinajstić information content (AvgIpc) is 2.78. The van der Waals surface area contributed by atoms with Crippen LogP contribution in [0.1, 0.15) is 24.1 Å². The smallest absolute Gasteiger partial charge is 0.153 e. The summed E-state index contributed by atoms with van der Waals surface area (Å²) in [5.41, 5.74) is 1.33. The maximum absolute atomic E-state index is 5.33. The molecule has 102 valence electrons. The van der Waals surface area contributed by atoms with E-state index >= 15 is 0 Å². The molecule has 2 aromatic rings. The highest BCUT2D eigenvalue weighted by Crippen LogP contribution is 2.04. The van der Waals surface area contributed by atoms with E-state index in [1.54, 1.807) is 0 Å². The molecule has 0 saturated heterocycles. The van der Waals surface area contributed by atoms with Gasteiger partial charge >= 0.3 is 0 Å². The fourth-order valence-corrected chi connectivity index (χ4v) is 1.98. The SMILES string of the molecule is CCOCCc1nc(C)n(CCc2ccccc2)n1. The monoisotopic (exact) mass is 259 g/mol. The highest BCUT2D eigenvalue weighted by atomic mass is 16.5. The molecule has 1 heterocycles. The standard InChI is InChI=1S/C15H21N3O/c1-3-19-12-10-15-16-13(2)18(17-15)11-9-14-7-5-4-6-8-14/h4-8H,3,9-12H2,1-2H3. The van der Waals surface area contributed by atoms with Crippen molar-refractivity contribution in [3.05, 3.63) is 47.5 Å². The number of benzene rings is 1. The minimum Gasteiger partial charge on any atom is -0.381 e. The van der Waals surface area contributed by atoms with Crippen molar-refractivity contribution in [1.29, 1.82) is 0 Å². The van der Waals surface area contributed by atoms with E-state index in [9.17, 15) is 0 Å². The first kappa shape index (κ1) is 13.7. The zero-order valence-electron chi connectivity index (χ0n) is 11.7. The summed E-state index contributed by atoms with van der Waals surface area (Å²) in [6, 6.07) is 10.5. The molecule has 2 rings (SSSR count). The van der Waals surface area contributed by atoms with E-state index in [1.807, 2.05) is 24.6 Å². The maximum Gasteiger partial charge on any atom is 0.153 e. The molecule has 0 aliphatic rings. The van der Waals surface area contributed by atoms with Gasteiger partial charge in [0.25, 0.3) is 0 Å². The summed E-state index contributed by atoms with van der Waals surface area (Å²) in [4.78, 5) is 4.47. The Morgan fingerprint density at radius 1 is 1.16 bits per heavy atom. The van der Waals surface area contributed by atoms with Crippen molar-refractivity contribution in [2.45, 2.75) is 33.2 Å². The Morgan fingerprint density at radius 3 is 2.68 bits per heavy atom. The molecule has 4 heteroatoms. The fourth-order valence-electron chi connectivity index (χ4n) is 1.98. The van der Waals surface area contributed by atoms with E-state index in [1.165, 1.54) is 5.56 Å². The minimum absolute atomic E-state index is 0.693. The molecule has 0 atom stereocenters. The van der Waals surface area contributed by atoms with Crippen LogP contribution >= 0.6 is 0 Å². The number of aromatic nitrogens is 3. The Balaban J connectivity index is 1.90. The molecule has 0 unspecified atom stereocenters. The summed E-state index contributed by atoms with van der Waals surface area (Å²) in [7, 11) is 0. The van der Waals surface area contributed by atoms with Crippen molar-refractivity contribution < 1.29 is 4.74 Å². The van der Waals surface area contributed by atoms with E-state index in [2.05, 4.69) is 34.3 Å². The van der Waals surface area contributed by atoms with Crippen molar-refractivity contribution in [2.75, 3.05) is 13.2 Å². The van der Waals surface area contributed by atoms with E-state index in [0.717, 1.165) is 37.6 Å². The molecule has 4 nitrogen and oxygen atoms in total. The van der Waals surface area contributed by atoms with Crippen LogP contribution in [0.3, 0.4) is 0 Å². The Labute approximate surface area is 114 Å². The van der Waals surface area contributed by atoms with Crippen LogP contribution in [0.4, 0.5) is 0 Å². The molecule has 1 aromatic heterocycles. The molecule has 0 radical (unpaired) electrons. The Kier molecular flexibility index (Phi) is 5.10. The van der Waals surface area contributed by atoms with E-state index in [0.29, 0.717) is 6.61 Å². The third kappa shape index (κ3) is 4.17. The summed E-state index contributed by atoms with van der Waals surface area (Å²) in [6.45, 7) is 6.31. The zero-order valence-corrected chi connectivity index (χ0v) is 11.7. The molecular formula is C15H21N3O. The third-order valence-corrected chi connectivity index (χ3v) is 3.03. The molecule has 0 spiro atoms. The number of hydrogen-bond donors (Lipinski definition) is 0. The predicted molar refractivity (Wildman–Crippen MR) is 75.1 cm³/mol. The first-order valence-corrected chi connectivity index (χ1v) is 6.81. The average molecular weight is 259 g/mol. The second kappa shape index (κ2) is 7.04. The summed E-state index contributed by atoms with van der Waals surface area (Å²) in [6.07, 6.45) is 1.77. The lowest BCUT2D eigenvalue weighted by Crippen LogP contribution is -2.06. The number of ether oxygens (including phenoxy) is 1. The number of aryl methyl sites for hydroxylation is 3. The molecular weight excluding hydrogens is 238 g/mol. The van der Waals surface area contributed by atoms with Crippen LogP contribution in [0.5, 0.6) is 0 Å². The van der Waals surface area contributed by atoms with Gasteiger partial charge in [-0.3, -0.25) is 0 Å².